The number of rotatable bonds is 8. The summed E-state index contributed by atoms with van der Waals surface area (Å²) in [6.45, 7) is 1.23. The van der Waals surface area contributed by atoms with Crippen LogP contribution in [0.2, 0.25) is 0 Å². The molecule has 0 saturated heterocycles. The van der Waals surface area contributed by atoms with E-state index >= 15 is 0 Å². The molecule has 2 saturated carbocycles. The van der Waals surface area contributed by atoms with Gasteiger partial charge in [-0.05, 0) is 49.7 Å². The molecule has 0 aliphatic heterocycles. The molecule has 0 aromatic carbocycles. The quantitative estimate of drug-likeness (QED) is 0.793. The average Bonchev–Trinajstić information content (AvgIpc) is 3.31. The predicted molar refractivity (Wildman–Crippen MR) is 79.9 cm³/mol. The van der Waals surface area contributed by atoms with E-state index in [1.165, 1.54) is 0 Å². The molecule has 2 fully saturated rings. The van der Waals surface area contributed by atoms with Crippen molar-refractivity contribution in [3.8, 4) is 0 Å². The van der Waals surface area contributed by atoms with Crippen molar-refractivity contribution in [1.82, 2.24) is 4.31 Å². The van der Waals surface area contributed by atoms with Crippen LogP contribution in [0.15, 0.2) is 16.3 Å². The highest BCUT2D eigenvalue weighted by molar-refractivity contribution is 7.91. The van der Waals surface area contributed by atoms with Crippen molar-refractivity contribution in [3.05, 3.63) is 17.0 Å². The first-order valence-corrected chi connectivity index (χ1v) is 9.51. The van der Waals surface area contributed by atoms with E-state index in [2.05, 4.69) is 0 Å². The summed E-state index contributed by atoms with van der Waals surface area (Å²) in [5, 5.41) is 8.79. The molecule has 0 spiro atoms. The molecule has 7 heteroatoms. The van der Waals surface area contributed by atoms with Gasteiger partial charge in [0, 0.05) is 18.0 Å². The molecule has 0 unspecified atom stereocenters. The molecule has 2 aliphatic rings. The van der Waals surface area contributed by atoms with Crippen molar-refractivity contribution in [2.24, 2.45) is 11.8 Å². The van der Waals surface area contributed by atoms with Gasteiger partial charge in [-0.3, -0.25) is 4.79 Å². The minimum Gasteiger partial charge on any atom is -0.481 e. The highest BCUT2D eigenvalue weighted by atomic mass is 32.2. The van der Waals surface area contributed by atoms with Gasteiger partial charge in [-0.25, -0.2) is 8.42 Å². The number of sulfonamides is 1. The van der Waals surface area contributed by atoms with Crippen molar-refractivity contribution in [3.63, 3.8) is 0 Å². The van der Waals surface area contributed by atoms with Crippen molar-refractivity contribution in [2.45, 2.75) is 36.3 Å². The lowest BCUT2D eigenvalue weighted by molar-refractivity contribution is -0.136. The second-order valence-electron chi connectivity index (χ2n) is 6.00. The normalized spacial score (nSPS) is 19.1. The van der Waals surface area contributed by atoms with Gasteiger partial charge < -0.3 is 5.11 Å². The zero-order chi connectivity index (χ0) is 15.0. The van der Waals surface area contributed by atoms with Crippen LogP contribution in [-0.4, -0.2) is 36.9 Å². The number of carboxylic acids is 1. The maximum absolute atomic E-state index is 12.7. The highest BCUT2D eigenvalue weighted by Crippen LogP contribution is 2.37. The number of nitrogens with zero attached hydrogens (tertiary/aromatic N) is 1. The number of hydrogen-bond acceptors (Lipinski definition) is 4. The maximum Gasteiger partial charge on any atom is 0.308 e. The minimum atomic E-state index is -3.47. The standard InChI is InChI=1S/C14H19NO4S2/c16-13(17)7-12-5-6-14(20-12)21(18,19)15(8-10-1-2-10)9-11-3-4-11/h5-6,10-11H,1-4,7-9H2,(H,16,17). The fourth-order valence-electron chi connectivity index (χ4n) is 2.32. The van der Waals surface area contributed by atoms with E-state index in [0.29, 0.717) is 29.8 Å². The Morgan fingerprint density at radius 3 is 2.24 bits per heavy atom. The first-order valence-electron chi connectivity index (χ1n) is 7.26. The zero-order valence-corrected chi connectivity index (χ0v) is 13.3. The first kappa shape index (κ1) is 15.0. The number of thiophene rings is 1. The van der Waals surface area contributed by atoms with Crippen LogP contribution in [0.3, 0.4) is 0 Å². The molecule has 1 aromatic heterocycles. The Kier molecular flexibility index (Phi) is 4.07. The van der Waals surface area contributed by atoms with Crippen LogP contribution >= 0.6 is 11.3 Å². The predicted octanol–water partition coefficient (Wildman–Crippen LogP) is 2.19. The molecule has 21 heavy (non-hydrogen) atoms. The summed E-state index contributed by atoms with van der Waals surface area (Å²) < 4.78 is 27.4. The van der Waals surface area contributed by atoms with Gasteiger partial charge in [-0.1, -0.05) is 0 Å². The topological polar surface area (TPSA) is 74.7 Å². The van der Waals surface area contributed by atoms with Crippen LogP contribution in [0.5, 0.6) is 0 Å². The van der Waals surface area contributed by atoms with E-state index in [0.717, 1.165) is 37.0 Å². The van der Waals surface area contributed by atoms with Crippen LogP contribution in [0.1, 0.15) is 30.6 Å². The van der Waals surface area contributed by atoms with Gasteiger partial charge in [0.15, 0.2) is 0 Å². The monoisotopic (exact) mass is 329 g/mol. The summed E-state index contributed by atoms with van der Waals surface area (Å²) in [5.74, 6) is 0.0857. The Labute approximate surface area is 128 Å². The van der Waals surface area contributed by atoms with Gasteiger partial charge in [0.2, 0.25) is 0 Å². The first-order chi connectivity index (χ1) is 9.95. The van der Waals surface area contributed by atoms with E-state index in [9.17, 15) is 13.2 Å². The van der Waals surface area contributed by atoms with Gasteiger partial charge in [0.05, 0.1) is 6.42 Å². The minimum absolute atomic E-state index is 0.120. The Morgan fingerprint density at radius 1 is 1.19 bits per heavy atom. The maximum atomic E-state index is 12.7. The Balaban J connectivity index is 1.77. The summed E-state index contributed by atoms with van der Waals surface area (Å²) in [7, 11) is -3.47. The molecule has 2 aliphatic carbocycles. The van der Waals surface area contributed by atoms with E-state index in [-0.39, 0.29) is 10.6 Å². The smallest absolute Gasteiger partial charge is 0.308 e. The Hall–Kier alpha value is -0.920. The molecule has 0 atom stereocenters. The van der Waals surface area contributed by atoms with Gasteiger partial charge in [0.1, 0.15) is 4.21 Å². The third-order valence-corrected chi connectivity index (χ3v) is 7.26. The molecule has 0 bridgehead atoms. The van der Waals surface area contributed by atoms with Gasteiger partial charge >= 0.3 is 5.97 Å². The Bertz CT molecular complexity index is 615. The van der Waals surface area contributed by atoms with Crippen LogP contribution in [0, 0.1) is 11.8 Å². The second-order valence-corrected chi connectivity index (χ2v) is 9.33. The lowest BCUT2D eigenvalue weighted by atomic mass is 10.3. The average molecular weight is 329 g/mol. The number of hydrogen-bond donors (Lipinski definition) is 1. The SMILES string of the molecule is O=C(O)Cc1ccc(S(=O)(=O)N(CC2CC2)CC2CC2)s1. The fourth-order valence-corrected chi connectivity index (χ4v) is 5.41. The lowest BCUT2D eigenvalue weighted by Crippen LogP contribution is -2.34. The van der Waals surface area contributed by atoms with E-state index in [1.807, 2.05) is 0 Å². The molecule has 1 heterocycles. The summed E-state index contributed by atoms with van der Waals surface area (Å²) >= 11 is 1.08. The molecular formula is C14H19NO4S2. The molecule has 1 N–H and O–H groups in total. The highest BCUT2D eigenvalue weighted by Gasteiger charge is 2.36. The molecule has 1 aromatic rings. The zero-order valence-electron chi connectivity index (χ0n) is 11.7. The van der Waals surface area contributed by atoms with E-state index in [4.69, 9.17) is 5.11 Å². The van der Waals surface area contributed by atoms with Crippen molar-refractivity contribution < 1.29 is 18.3 Å². The third-order valence-electron chi connectivity index (χ3n) is 3.87. The molecule has 0 amide bonds. The van der Waals surface area contributed by atoms with E-state index < -0.39 is 16.0 Å². The molecule has 116 valence electrons. The molecule has 3 rings (SSSR count). The molecular weight excluding hydrogens is 310 g/mol. The summed E-state index contributed by atoms with van der Waals surface area (Å²) in [6, 6.07) is 3.16. The van der Waals surface area contributed by atoms with Crippen LogP contribution in [-0.2, 0) is 21.2 Å². The lowest BCUT2D eigenvalue weighted by Gasteiger charge is -2.21. The van der Waals surface area contributed by atoms with Gasteiger partial charge in [0.25, 0.3) is 10.0 Å². The van der Waals surface area contributed by atoms with Crippen molar-refractivity contribution in [2.75, 3.05) is 13.1 Å². The summed E-state index contributed by atoms with van der Waals surface area (Å²) in [5.41, 5.74) is 0. The summed E-state index contributed by atoms with van der Waals surface area (Å²) in [4.78, 5) is 11.3. The van der Waals surface area contributed by atoms with Gasteiger partial charge in [-0.2, -0.15) is 4.31 Å². The van der Waals surface area contributed by atoms with Crippen molar-refractivity contribution in [1.29, 1.82) is 0 Å². The third kappa shape index (κ3) is 3.84. The van der Waals surface area contributed by atoms with E-state index in [1.54, 1.807) is 16.4 Å². The van der Waals surface area contributed by atoms with Crippen LogP contribution in [0.4, 0.5) is 0 Å². The number of carboxylic acid groups (broad SMARTS) is 1. The summed E-state index contributed by atoms with van der Waals surface area (Å²) in [6.07, 6.45) is 4.35. The van der Waals surface area contributed by atoms with Gasteiger partial charge in [-0.15, -0.1) is 11.3 Å². The largest absolute Gasteiger partial charge is 0.481 e. The molecule has 5 nitrogen and oxygen atoms in total. The number of carbonyl (C=O) groups is 1. The second kappa shape index (κ2) is 5.70. The molecule has 0 radical (unpaired) electrons. The Morgan fingerprint density at radius 2 is 1.76 bits per heavy atom. The van der Waals surface area contributed by atoms with Crippen LogP contribution < -0.4 is 0 Å². The van der Waals surface area contributed by atoms with Crippen LogP contribution in [0.25, 0.3) is 0 Å². The fraction of sp³-hybridized carbons (Fsp3) is 0.643. The van der Waals surface area contributed by atoms with Crippen molar-refractivity contribution >= 4 is 27.3 Å². The number of aliphatic carboxylic acids is 1.